The molecule has 2 N–H and O–H groups in total. The molecule has 2 nitrogen and oxygen atoms in total. The Labute approximate surface area is 127 Å². The van der Waals surface area contributed by atoms with E-state index in [1.807, 2.05) is 0 Å². The van der Waals surface area contributed by atoms with Crippen LogP contribution in [0.1, 0.15) is 17.2 Å². The number of rotatable bonds is 4. The Kier molecular flexibility index (Phi) is 4.86. The average molecular weight is 314 g/mol. The third-order valence-corrected chi connectivity index (χ3v) is 3.52. The van der Waals surface area contributed by atoms with E-state index in [1.54, 1.807) is 37.4 Å². The molecule has 106 valence electrons. The maximum Gasteiger partial charge on any atom is 0.127 e. The molecule has 0 fully saturated rings. The van der Waals surface area contributed by atoms with Gasteiger partial charge in [0.1, 0.15) is 11.6 Å². The quantitative estimate of drug-likeness (QED) is 0.909. The Morgan fingerprint density at radius 3 is 2.45 bits per heavy atom. The molecule has 0 saturated carbocycles. The predicted molar refractivity (Wildman–Crippen MR) is 80.0 cm³/mol. The lowest BCUT2D eigenvalue weighted by atomic mass is 9.98. The van der Waals surface area contributed by atoms with Crippen LogP contribution in [0.2, 0.25) is 10.0 Å². The van der Waals surface area contributed by atoms with Gasteiger partial charge in [0.25, 0.3) is 0 Å². The van der Waals surface area contributed by atoms with E-state index in [1.165, 1.54) is 6.07 Å². The highest BCUT2D eigenvalue weighted by Crippen LogP contribution is 2.29. The molecule has 20 heavy (non-hydrogen) atoms. The Balaban J connectivity index is 2.25. The molecule has 0 spiro atoms. The minimum absolute atomic E-state index is 0.348. The molecule has 0 radical (unpaired) electrons. The van der Waals surface area contributed by atoms with Crippen molar-refractivity contribution < 1.29 is 9.13 Å². The Morgan fingerprint density at radius 1 is 1.15 bits per heavy atom. The number of halogens is 3. The number of hydrogen-bond donors (Lipinski definition) is 1. The predicted octanol–water partition coefficient (Wildman–Crippen LogP) is 4.38. The summed E-state index contributed by atoms with van der Waals surface area (Å²) in [4.78, 5) is 0. The van der Waals surface area contributed by atoms with E-state index >= 15 is 0 Å². The van der Waals surface area contributed by atoms with Gasteiger partial charge in [-0.25, -0.2) is 4.39 Å². The van der Waals surface area contributed by atoms with E-state index < -0.39 is 6.04 Å². The number of hydrogen-bond acceptors (Lipinski definition) is 2. The van der Waals surface area contributed by atoms with E-state index in [4.69, 9.17) is 33.7 Å². The summed E-state index contributed by atoms with van der Waals surface area (Å²) in [6.45, 7) is 0. The van der Waals surface area contributed by atoms with E-state index in [-0.39, 0.29) is 5.82 Å². The fraction of sp³-hybridized carbons (Fsp3) is 0.200. The minimum atomic E-state index is -0.391. The summed E-state index contributed by atoms with van der Waals surface area (Å²) < 4.78 is 19.0. The molecule has 5 heteroatoms. The second kappa shape index (κ2) is 6.44. The van der Waals surface area contributed by atoms with Crippen LogP contribution in [0.5, 0.6) is 5.75 Å². The minimum Gasteiger partial charge on any atom is -0.496 e. The molecule has 0 heterocycles. The fourth-order valence-corrected chi connectivity index (χ4v) is 2.35. The zero-order valence-electron chi connectivity index (χ0n) is 10.9. The van der Waals surface area contributed by atoms with Crippen molar-refractivity contribution in [3.05, 3.63) is 63.4 Å². The van der Waals surface area contributed by atoms with Crippen LogP contribution in [-0.2, 0) is 6.42 Å². The second-order valence-corrected chi connectivity index (χ2v) is 5.31. The van der Waals surface area contributed by atoms with Gasteiger partial charge >= 0.3 is 0 Å². The summed E-state index contributed by atoms with van der Waals surface area (Å²) in [5.41, 5.74) is 7.43. The molecule has 0 aliphatic rings. The fourth-order valence-electron chi connectivity index (χ4n) is 2.03. The lowest BCUT2D eigenvalue weighted by Crippen LogP contribution is -2.15. The van der Waals surface area contributed by atoms with E-state index in [0.717, 1.165) is 5.56 Å². The highest BCUT2D eigenvalue weighted by Gasteiger charge is 2.15. The number of ether oxygens (including phenoxy) is 1. The summed E-state index contributed by atoms with van der Waals surface area (Å²) in [6, 6.07) is 9.39. The largest absolute Gasteiger partial charge is 0.496 e. The normalized spacial score (nSPS) is 12.2. The summed E-state index contributed by atoms with van der Waals surface area (Å²) in [7, 11) is 1.55. The lowest BCUT2D eigenvalue weighted by molar-refractivity contribution is 0.405. The molecule has 0 aliphatic heterocycles. The van der Waals surface area contributed by atoms with Gasteiger partial charge in [-0.1, -0.05) is 35.3 Å². The second-order valence-electron chi connectivity index (χ2n) is 4.43. The van der Waals surface area contributed by atoms with Crippen LogP contribution in [0.4, 0.5) is 4.39 Å². The highest BCUT2D eigenvalue weighted by atomic mass is 35.5. The van der Waals surface area contributed by atoms with Crippen LogP contribution >= 0.6 is 23.2 Å². The van der Waals surface area contributed by atoms with Gasteiger partial charge in [-0.3, -0.25) is 0 Å². The van der Waals surface area contributed by atoms with Crippen LogP contribution in [0.3, 0.4) is 0 Å². The average Bonchev–Trinajstić information content (AvgIpc) is 2.41. The lowest BCUT2D eigenvalue weighted by Gasteiger charge is -2.16. The highest BCUT2D eigenvalue weighted by molar-refractivity contribution is 6.30. The maximum absolute atomic E-state index is 13.8. The number of methoxy groups -OCH3 is 1. The van der Waals surface area contributed by atoms with Gasteiger partial charge < -0.3 is 10.5 Å². The van der Waals surface area contributed by atoms with Gasteiger partial charge in [-0.2, -0.15) is 0 Å². The summed E-state index contributed by atoms with van der Waals surface area (Å²) >= 11 is 11.6. The molecule has 0 aromatic heterocycles. The molecule has 0 aliphatic carbocycles. The van der Waals surface area contributed by atoms with Crippen molar-refractivity contribution in [1.82, 2.24) is 0 Å². The van der Waals surface area contributed by atoms with Crippen LogP contribution < -0.4 is 10.5 Å². The van der Waals surface area contributed by atoms with Gasteiger partial charge in [0, 0.05) is 21.7 Å². The van der Waals surface area contributed by atoms with Crippen LogP contribution in [0.15, 0.2) is 36.4 Å². The van der Waals surface area contributed by atoms with Crippen LogP contribution in [0.25, 0.3) is 0 Å². The van der Waals surface area contributed by atoms with Crippen molar-refractivity contribution in [3.8, 4) is 5.75 Å². The molecule has 2 rings (SSSR count). The van der Waals surface area contributed by atoms with E-state index in [0.29, 0.717) is 27.8 Å². The molecule has 1 atom stereocenters. The Hall–Kier alpha value is -1.29. The zero-order valence-corrected chi connectivity index (χ0v) is 12.4. The Morgan fingerprint density at radius 2 is 1.80 bits per heavy atom. The zero-order chi connectivity index (χ0) is 14.7. The van der Waals surface area contributed by atoms with Gasteiger partial charge in [0.2, 0.25) is 0 Å². The van der Waals surface area contributed by atoms with Gasteiger partial charge in [-0.15, -0.1) is 0 Å². The summed E-state index contributed by atoms with van der Waals surface area (Å²) in [5, 5.41) is 0.930. The molecule has 1 unspecified atom stereocenters. The molecule has 0 amide bonds. The first kappa shape index (κ1) is 15.1. The van der Waals surface area contributed by atoms with E-state index in [9.17, 15) is 4.39 Å². The number of benzene rings is 2. The Bertz CT molecular complexity index is 619. The van der Waals surface area contributed by atoms with Crippen molar-refractivity contribution in [2.75, 3.05) is 7.11 Å². The first-order valence-electron chi connectivity index (χ1n) is 6.04. The number of nitrogens with two attached hydrogens (primary N) is 1. The summed E-state index contributed by atoms with van der Waals surface area (Å²) in [6.07, 6.45) is 0.348. The van der Waals surface area contributed by atoms with Crippen LogP contribution in [-0.4, -0.2) is 7.11 Å². The van der Waals surface area contributed by atoms with Crippen molar-refractivity contribution in [1.29, 1.82) is 0 Å². The molecular formula is C15H14Cl2FNO. The monoisotopic (exact) mass is 313 g/mol. The maximum atomic E-state index is 13.8. The molecular weight excluding hydrogens is 300 g/mol. The van der Waals surface area contributed by atoms with Crippen LogP contribution in [0, 0.1) is 5.82 Å². The molecule has 2 aromatic rings. The van der Waals surface area contributed by atoms with Gasteiger partial charge in [-0.05, 0) is 36.2 Å². The smallest absolute Gasteiger partial charge is 0.127 e. The first-order chi connectivity index (χ1) is 9.51. The van der Waals surface area contributed by atoms with Gasteiger partial charge in [0.15, 0.2) is 0 Å². The van der Waals surface area contributed by atoms with Crippen molar-refractivity contribution in [2.24, 2.45) is 5.73 Å². The first-order valence-corrected chi connectivity index (χ1v) is 6.80. The topological polar surface area (TPSA) is 35.2 Å². The summed E-state index contributed by atoms with van der Waals surface area (Å²) in [5.74, 6) is 0.236. The standard InChI is InChI=1S/C15H14Cl2FNO/c1-20-15-8-11(17)4-5-12(15)14(19)6-9-2-3-10(16)7-13(9)18/h2-5,7-8,14H,6,19H2,1H3. The molecule has 2 aromatic carbocycles. The SMILES string of the molecule is COc1cc(Cl)ccc1C(N)Cc1ccc(Cl)cc1F. The van der Waals surface area contributed by atoms with Crippen molar-refractivity contribution in [3.63, 3.8) is 0 Å². The van der Waals surface area contributed by atoms with E-state index in [2.05, 4.69) is 0 Å². The third-order valence-electron chi connectivity index (χ3n) is 3.05. The molecule has 0 saturated heterocycles. The van der Waals surface area contributed by atoms with Crippen molar-refractivity contribution >= 4 is 23.2 Å². The van der Waals surface area contributed by atoms with Gasteiger partial charge in [0.05, 0.1) is 7.11 Å². The van der Waals surface area contributed by atoms with Crippen molar-refractivity contribution in [2.45, 2.75) is 12.5 Å². The third kappa shape index (κ3) is 3.42. The molecule has 0 bridgehead atoms.